The van der Waals surface area contributed by atoms with Crippen LogP contribution in [0.2, 0.25) is 10.0 Å². The fourth-order valence-corrected chi connectivity index (χ4v) is 2.12. The predicted octanol–water partition coefficient (Wildman–Crippen LogP) is 4.30. The standard InChI is InChI=1S/C13H19Cl2N/c1-4-9(2)13(3,16)8-10-6-5-7-11(14)12(10)15/h5-7,9H,4,8,16H2,1-3H3. The molecule has 0 spiro atoms. The number of benzene rings is 1. The van der Waals surface area contributed by atoms with E-state index in [1.165, 1.54) is 0 Å². The summed E-state index contributed by atoms with van der Waals surface area (Å²) in [5.41, 5.74) is 7.10. The van der Waals surface area contributed by atoms with Crippen LogP contribution in [0.5, 0.6) is 0 Å². The molecule has 2 N–H and O–H groups in total. The molecule has 90 valence electrons. The lowest BCUT2D eigenvalue weighted by Gasteiger charge is -2.31. The first-order valence-corrected chi connectivity index (χ1v) is 6.36. The van der Waals surface area contributed by atoms with E-state index in [0.717, 1.165) is 18.4 Å². The Balaban J connectivity index is 2.92. The third-order valence-corrected chi connectivity index (χ3v) is 4.20. The van der Waals surface area contributed by atoms with Crippen LogP contribution in [0.3, 0.4) is 0 Å². The largest absolute Gasteiger partial charge is 0.325 e. The summed E-state index contributed by atoms with van der Waals surface area (Å²) in [6.07, 6.45) is 1.81. The first-order valence-electron chi connectivity index (χ1n) is 5.60. The van der Waals surface area contributed by atoms with Gasteiger partial charge in [-0.15, -0.1) is 0 Å². The van der Waals surface area contributed by atoms with Crippen molar-refractivity contribution in [3.05, 3.63) is 33.8 Å². The summed E-state index contributed by atoms with van der Waals surface area (Å²) in [6, 6.07) is 5.70. The Morgan fingerprint density at radius 2 is 2.00 bits per heavy atom. The topological polar surface area (TPSA) is 26.0 Å². The molecule has 0 fully saturated rings. The minimum absolute atomic E-state index is 0.247. The maximum atomic E-state index is 6.32. The van der Waals surface area contributed by atoms with Gasteiger partial charge < -0.3 is 5.73 Å². The SMILES string of the molecule is CCC(C)C(C)(N)Cc1cccc(Cl)c1Cl. The second-order valence-electron chi connectivity index (χ2n) is 4.70. The monoisotopic (exact) mass is 259 g/mol. The van der Waals surface area contributed by atoms with Crippen LogP contribution < -0.4 is 5.73 Å². The van der Waals surface area contributed by atoms with Gasteiger partial charge in [0.15, 0.2) is 0 Å². The average Bonchev–Trinajstić information content (AvgIpc) is 2.23. The lowest BCUT2D eigenvalue weighted by Crippen LogP contribution is -2.44. The van der Waals surface area contributed by atoms with Crippen LogP contribution in [0.15, 0.2) is 18.2 Å². The van der Waals surface area contributed by atoms with Gasteiger partial charge in [-0.1, -0.05) is 55.6 Å². The second-order valence-corrected chi connectivity index (χ2v) is 5.49. The molecular formula is C13H19Cl2N. The van der Waals surface area contributed by atoms with E-state index in [-0.39, 0.29) is 5.54 Å². The average molecular weight is 260 g/mol. The third kappa shape index (κ3) is 3.13. The smallest absolute Gasteiger partial charge is 0.0624 e. The molecule has 16 heavy (non-hydrogen) atoms. The molecule has 1 aromatic carbocycles. The number of hydrogen-bond donors (Lipinski definition) is 1. The number of nitrogens with two attached hydrogens (primary N) is 1. The van der Waals surface area contributed by atoms with Gasteiger partial charge in [0.25, 0.3) is 0 Å². The van der Waals surface area contributed by atoms with Crippen molar-refractivity contribution in [1.82, 2.24) is 0 Å². The highest BCUT2D eigenvalue weighted by Crippen LogP contribution is 2.30. The Labute approximate surface area is 108 Å². The minimum Gasteiger partial charge on any atom is -0.325 e. The lowest BCUT2D eigenvalue weighted by molar-refractivity contribution is 0.306. The van der Waals surface area contributed by atoms with Crippen molar-refractivity contribution in [3.8, 4) is 0 Å². The van der Waals surface area contributed by atoms with E-state index in [4.69, 9.17) is 28.9 Å². The fraction of sp³-hybridized carbons (Fsp3) is 0.538. The number of rotatable bonds is 4. The van der Waals surface area contributed by atoms with Crippen LogP contribution in [-0.4, -0.2) is 5.54 Å². The van der Waals surface area contributed by atoms with Gasteiger partial charge in [-0.25, -0.2) is 0 Å². The highest BCUT2D eigenvalue weighted by Gasteiger charge is 2.26. The summed E-state index contributed by atoms with van der Waals surface area (Å²) in [5.74, 6) is 0.447. The molecule has 0 saturated carbocycles. The van der Waals surface area contributed by atoms with Gasteiger partial charge in [-0.05, 0) is 30.9 Å². The van der Waals surface area contributed by atoms with E-state index in [0.29, 0.717) is 16.0 Å². The molecule has 3 heteroatoms. The minimum atomic E-state index is -0.247. The Hall–Kier alpha value is -0.240. The Bertz CT molecular complexity index is 361. The Morgan fingerprint density at radius 1 is 1.38 bits per heavy atom. The second kappa shape index (κ2) is 5.39. The molecule has 2 unspecified atom stereocenters. The molecule has 0 aliphatic rings. The van der Waals surface area contributed by atoms with Crippen molar-refractivity contribution in [2.45, 2.75) is 39.2 Å². The van der Waals surface area contributed by atoms with Crippen molar-refractivity contribution in [2.24, 2.45) is 11.7 Å². The fourth-order valence-electron chi connectivity index (χ4n) is 1.74. The molecule has 2 atom stereocenters. The molecule has 0 amide bonds. The molecule has 1 aromatic rings. The van der Waals surface area contributed by atoms with Gasteiger partial charge in [0.2, 0.25) is 0 Å². The molecule has 0 aromatic heterocycles. The highest BCUT2D eigenvalue weighted by molar-refractivity contribution is 6.42. The quantitative estimate of drug-likeness (QED) is 0.858. The molecule has 1 rings (SSSR count). The summed E-state index contributed by atoms with van der Waals surface area (Å²) in [5, 5.41) is 1.23. The third-order valence-electron chi connectivity index (χ3n) is 3.34. The normalized spacial score (nSPS) is 16.9. The summed E-state index contributed by atoms with van der Waals surface area (Å²) in [6.45, 7) is 6.38. The lowest BCUT2D eigenvalue weighted by atomic mass is 9.81. The van der Waals surface area contributed by atoms with E-state index in [1.807, 2.05) is 12.1 Å². The molecule has 0 heterocycles. The molecule has 0 radical (unpaired) electrons. The number of hydrogen-bond acceptors (Lipinski definition) is 1. The maximum Gasteiger partial charge on any atom is 0.0624 e. The van der Waals surface area contributed by atoms with Crippen LogP contribution in [0, 0.1) is 5.92 Å². The first kappa shape index (κ1) is 13.8. The summed E-state index contributed by atoms with van der Waals surface area (Å²) in [4.78, 5) is 0. The number of halogens is 2. The molecule has 1 nitrogen and oxygen atoms in total. The van der Waals surface area contributed by atoms with Crippen molar-refractivity contribution in [3.63, 3.8) is 0 Å². The molecule has 0 bridgehead atoms. The summed E-state index contributed by atoms with van der Waals surface area (Å²) < 4.78 is 0. The predicted molar refractivity (Wildman–Crippen MR) is 72.2 cm³/mol. The van der Waals surface area contributed by atoms with Crippen molar-refractivity contribution < 1.29 is 0 Å². The van der Waals surface area contributed by atoms with E-state index in [9.17, 15) is 0 Å². The van der Waals surface area contributed by atoms with Crippen LogP contribution >= 0.6 is 23.2 Å². The Kier molecular flexibility index (Phi) is 4.66. The van der Waals surface area contributed by atoms with E-state index in [2.05, 4.69) is 20.8 Å². The van der Waals surface area contributed by atoms with Crippen LogP contribution in [0.1, 0.15) is 32.8 Å². The van der Waals surface area contributed by atoms with Crippen molar-refractivity contribution in [1.29, 1.82) is 0 Å². The van der Waals surface area contributed by atoms with Crippen molar-refractivity contribution >= 4 is 23.2 Å². The van der Waals surface area contributed by atoms with E-state index < -0.39 is 0 Å². The zero-order valence-electron chi connectivity index (χ0n) is 10.1. The van der Waals surface area contributed by atoms with Gasteiger partial charge in [-0.2, -0.15) is 0 Å². The molecule has 0 saturated heterocycles. The highest BCUT2D eigenvalue weighted by atomic mass is 35.5. The Morgan fingerprint density at radius 3 is 2.56 bits per heavy atom. The van der Waals surface area contributed by atoms with Crippen molar-refractivity contribution in [2.75, 3.05) is 0 Å². The first-order chi connectivity index (χ1) is 7.38. The van der Waals surface area contributed by atoms with Gasteiger partial charge in [0.05, 0.1) is 10.0 Å². The van der Waals surface area contributed by atoms with Gasteiger partial charge in [0, 0.05) is 5.54 Å². The van der Waals surface area contributed by atoms with Gasteiger partial charge >= 0.3 is 0 Å². The summed E-state index contributed by atoms with van der Waals surface area (Å²) in [7, 11) is 0. The molecule has 0 aliphatic heterocycles. The van der Waals surface area contributed by atoms with Crippen LogP contribution in [0.25, 0.3) is 0 Å². The maximum absolute atomic E-state index is 6.32. The zero-order chi connectivity index (χ0) is 12.3. The molecular weight excluding hydrogens is 241 g/mol. The summed E-state index contributed by atoms with van der Waals surface area (Å²) >= 11 is 12.1. The zero-order valence-corrected chi connectivity index (χ0v) is 11.6. The van der Waals surface area contributed by atoms with Crippen LogP contribution in [0.4, 0.5) is 0 Å². The van der Waals surface area contributed by atoms with Crippen LogP contribution in [-0.2, 0) is 6.42 Å². The van der Waals surface area contributed by atoms with Gasteiger partial charge in [0.1, 0.15) is 0 Å². The molecule has 0 aliphatic carbocycles. The van der Waals surface area contributed by atoms with Gasteiger partial charge in [-0.3, -0.25) is 0 Å². The van der Waals surface area contributed by atoms with E-state index in [1.54, 1.807) is 6.07 Å². The van der Waals surface area contributed by atoms with E-state index >= 15 is 0 Å².